The van der Waals surface area contributed by atoms with E-state index in [0.717, 1.165) is 12.2 Å². The molecule has 6 nitrogen and oxygen atoms in total. The zero-order chi connectivity index (χ0) is 18.2. The standard InChI is InChI=1S/C18H27IO6/c1-2-3-4-5-10-23-12-6-8-13(9-7-12)24-18-17(22)16(21)15(20)14(11-19)25-18/h6-9,14-18,20-22H,2-5,10-11H2,1H3/t14-,15-,16+,17-,18-/m1/s1. The monoisotopic (exact) mass is 466 g/mol. The van der Waals surface area contributed by atoms with E-state index in [0.29, 0.717) is 16.8 Å². The van der Waals surface area contributed by atoms with E-state index in [4.69, 9.17) is 14.2 Å². The Morgan fingerprint density at radius 3 is 2.28 bits per heavy atom. The second-order valence-electron chi connectivity index (χ2n) is 6.17. The number of aliphatic hydroxyl groups excluding tert-OH is 3. The van der Waals surface area contributed by atoms with Crippen LogP contribution in [0.25, 0.3) is 0 Å². The van der Waals surface area contributed by atoms with Crippen LogP contribution >= 0.6 is 22.6 Å². The van der Waals surface area contributed by atoms with E-state index in [-0.39, 0.29) is 0 Å². The van der Waals surface area contributed by atoms with Crippen LogP contribution in [0.5, 0.6) is 11.5 Å². The zero-order valence-electron chi connectivity index (χ0n) is 14.4. The molecule has 1 saturated heterocycles. The molecular weight excluding hydrogens is 439 g/mol. The number of ether oxygens (including phenoxy) is 3. The minimum Gasteiger partial charge on any atom is -0.494 e. The summed E-state index contributed by atoms with van der Waals surface area (Å²) in [7, 11) is 0. The van der Waals surface area contributed by atoms with Crippen LogP contribution in [0.15, 0.2) is 24.3 Å². The summed E-state index contributed by atoms with van der Waals surface area (Å²) in [6, 6.07) is 7.05. The highest BCUT2D eigenvalue weighted by Gasteiger charge is 2.44. The topological polar surface area (TPSA) is 88.4 Å². The maximum atomic E-state index is 10.0. The van der Waals surface area contributed by atoms with E-state index >= 15 is 0 Å². The van der Waals surface area contributed by atoms with Crippen LogP contribution in [-0.2, 0) is 4.74 Å². The highest BCUT2D eigenvalue weighted by Crippen LogP contribution is 2.26. The van der Waals surface area contributed by atoms with Gasteiger partial charge in [0.2, 0.25) is 6.29 Å². The smallest absolute Gasteiger partial charge is 0.229 e. The normalized spacial score (nSPS) is 29.4. The van der Waals surface area contributed by atoms with Crippen LogP contribution < -0.4 is 9.47 Å². The van der Waals surface area contributed by atoms with Crippen molar-refractivity contribution in [2.75, 3.05) is 11.0 Å². The summed E-state index contributed by atoms with van der Waals surface area (Å²) in [5.41, 5.74) is 0. The molecule has 1 aliphatic rings. The van der Waals surface area contributed by atoms with Gasteiger partial charge < -0.3 is 29.5 Å². The third-order valence-electron chi connectivity index (χ3n) is 4.16. The number of hydrogen-bond donors (Lipinski definition) is 3. The largest absolute Gasteiger partial charge is 0.494 e. The first-order valence-electron chi connectivity index (χ1n) is 8.72. The van der Waals surface area contributed by atoms with Gasteiger partial charge in [-0.3, -0.25) is 0 Å². The van der Waals surface area contributed by atoms with Crippen LogP contribution in [-0.4, -0.2) is 57.1 Å². The molecular formula is C18H27IO6. The minimum atomic E-state index is -1.32. The Morgan fingerprint density at radius 2 is 1.64 bits per heavy atom. The van der Waals surface area contributed by atoms with Gasteiger partial charge in [0.25, 0.3) is 0 Å². The van der Waals surface area contributed by atoms with E-state index in [1.165, 1.54) is 19.3 Å². The Labute approximate surface area is 162 Å². The number of aliphatic hydroxyl groups is 3. The first kappa shape index (κ1) is 20.7. The van der Waals surface area contributed by atoms with E-state index in [1.54, 1.807) is 24.3 Å². The lowest BCUT2D eigenvalue weighted by Gasteiger charge is -2.39. The van der Waals surface area contributed by atoms with Gasteiger partial charge in [-0.15, -0.1) is 0 Å². The van der Waals surface area contributed by atoms with Gasteiger partial charge in [-0.2, -0.15) is 0 Å². The SMILES string of the molecule is CCCCCCOc1ccc(O[C@@H]2O[C@H](CI)[C@@H](O)[C@H](O)[C@H]2O)cc1. The number of unbranched alkanes of at least 4 members (excludes halogenated alkanes) is 3. The summed E-state index contributed by atoms with van der Waals surface area (Å²) in [5.74, 6) is 1.26. The second-order valence-corrected chi connectivity index (χ2v) is 7.05. The van der Waals surface area contributed by atoms with Crippen LogP contribution in [0, 0.1) is 0 Å². The zero-order valence-corrected chi connectivity index (χ0v) is 16.5. The van der Waals surface area contributed by atoms with Crippen molar-refractivity contribution in [2.45, 2.75) is 63.3 Å². The molecule has 2 rings (SSSR count). The van der Waals surface area contributed by atoms with Crippen LogP contribution in [0.1, 0.15) is 32.6 Å². The highest BCUT2D eigenvalue weighted by molar-refractivity contribution is 14.1. The van der Waals surface area contributed by atoms with E-state index < -0.39 is 30.7 Å². The van der Waals surface area contributed by atoms with Gasteiger partial charge in [0, 0.05) is 4.43 Å². The van der Waals surface area contributed by atoms with Crippen molar-refractivity contribution in [1.82, 2.24) is 0 Å². The number of alkyl halides is 1. The Hall–Kier alpha value is -0.610. The number of rotatable bonds is 9. The molecule has 0 aromatic heterocycles. The highest BCUT2D eigenvalue weighted by atomic mass is 127. The second kappa shape index (κ2) is 10.5. The molecule has 1 heterocycles. The van der Waals surface area contributed by atoms with Crippen molar-refractivity contribution >= 4 is 22.6 Å². The van der Waals surface area contributed by atoms with Gasteiger partial charge >= 0.3 is 0 Å². The molecule has 0 bridgehead atoms. The molecule has 1 fully saturated rings. The Bertz CT molecular complexity index is 495. The van der Waals surface area contributed by atoms with Crippen molar-refractivity contribution in [3.63, 3.8) is 0 Å². The van der Waals surface area contributed by atoms with Gasteiger partial charge in [0.05, 0.1) is 12.7 Å². The van der Waals surface area contributed by atoms with Gasteiger partial charge in [0.15, 0.2) is 0 Å². The van der Waals surface area contributed by atoms with Crippen molar-refractivity contribution in [3.05, 3.63) is 24.3 Å². The van der Waals surface area contributed by atoms with Gasteiger partial charge in [0.1, 0.15) is 29.8 Å². The quantitative estimate of drug-likeness (QED) is 0.294. The van der Waals surface area contributed by atoms with Crippen molar-refractivity contribution < 1.29 is 29.5 Å². The lowest BCUT2D eigenvalue weighted by Crippen LogP contribution is -2.59. The molecule has 25 heavy (non-hydrogen) atoms. The Kier molecular flexibility index (Phi) is 8.71. The van der Waals surface area contributed by atoms with Crippen molar-refractivity contribution in [2.24, 2.45) is 0 Å². The van der Waals surface area contributed by atoms with Gasteiger partial charge in [-0.05, 0) is 30.7 Å². The summed E-state index contributed by atoms with van der Waals surface area (Å²) in [5, 5.41) is 29.8. The molecule has 5 atom stereocenters. The van der Waals surface area contributed by atoms with Crippen molar-refractivity contribution in [3.8, 4) is 11.5 Å². The fourth-order valence-electron chi connectivity index (χ4n) is 2.61. The molecule has 0 saturated carbocycles. The maximum absolute atomic E-state index is 10.0. The molecule has 1 aromatic rings. The molecule has 142 valence electrons. The summed E-state index contributed by atoms with van der Waals surface area (Å²) < 4.78 is 17.3. The van der Waals surface area contributed by atoms with E-state index in [2.05, 4.69) is 29.5 Å². The minimum absolute atomic E-state index is 0.480. The maximum Gasteiger partial charge on any atom is 0.229 e. The third kappa shape index (κ3) is 5.96. The summed E-state index contributed by atoms with van der Waals surface area (Å²) in [6.07, 6.45) is -0.742. The van der Waals surface area contributed by atoms with E-state index in [1.807, 2.05) is 0 Å². The molecule has 1 aliphatic heterocycles. The molecule has 0 amide bonds. The molecule has 7 heteroatoms. The van der Waals surface area contributed by atoms with Gasteiger partial charge in [-0.1, -0.05) is 48.8 Å². The summed E-state index contributed by atoms with van der Waals surface area (Å²) >= 11 is 2.06. The number of benzene rings is 1. The molecule has 0 unspecified atom stereocenters. The summed E-state index contributed by atoms with van der Waals surface area (Å²) in [4.78, 5) is 0. The molecule has 0 radical (unpaired) electrons. The van der Waals surface area contributed by atoms with Crippen LogP contribution in [0.3, 0.4) is 0 Å². The van der Waals surface area contributed by atoms with Crippen LogP contribution in [0.2, 0.25) is 0 Å². The van der Waals surface area contributed by atoms with Crippen molar-refractivity contribution in [1.29, 1.82) is 0 Å². The van der Waals surface area contributed by atoms with E-state index in [9.17, 15) is 15.3 Å². The molecule has 1 aromatic carbocycles. The fraction of sp³-hybridized carbons (Fsp3) is 0.667. The lowest BCUT2D eigenvalue weighted by molar-refractivity contribution is -0.266. The first-order valence-corrected chi connectivity index (χ1v) is 10.2. The molecule has 0 spiro atoms. The Morgan fingerprint density at radius 1 is 0.960 bits per heavy atom. The predicted octanol–water partition coefficient (Wildman–Crippen LogP) is 2.27. The molecule has 0 aliphatic carbocycles. The Balaban J connectivity index is 1.85. The molecule has 3 N–H and O–H groups in total. The first-order chi connectivity index (χ1) is 12.1. The number of hydrogen-bond acceptors (Lipinski definition) is 6. The van der Waals surface area contributed by atoms with Gasteiger partial charge in [-0.25, -0.2) is 0 Å². The fourth-order valence-corrected chi connectivity index (χ4v) is 3.34. The average molecular weight is 466 g/mol. The predicted molar refractivity (Wildman–Crippen MR) is 102 cm³/mol. The average Bonchev–Trinajstić information content (AvgIpc) is 2.63. The van der Waals surface area contributed by atoms with Crippen LogP contribution in [0.4, 0.5) is 0 Å². The third-order valence-corrected chi connectivity index (χ3v) is 5.03. The lowest BCUT2D eigenvalue weighted by atomic mass is 10.00. The number of halogens is 1. The summed E-state index contributed by atoms with van der Waals surface area (Å²) in [6.45, 7) is 2.86.